The highest BCUT2D eigenvalue weighted by molar-refractivity contribution is 6.10. The third kappa shape index (κ3) is 4.06. The zero-order valence-electron chi connectivity index (χ0n) is 15.4. The molecule has 138 valence electrons. The number of aromatic nitrogens is 1. The molecule has 2 N–H and O–H groups in total. The number of rotatable bonds is 5. The van der Waals surface area contributed by atoms with Crippen molar-refractivity contribution in [2.45, 2.75) is 19.9 Å². The fourth-order valence-electron chi connectivity index (χ4n) is 2.91. The molecule has 6 nitrogen and oxygen atoms in total. The van der Waals surface area contributed by atoms with Crippen molar-refractivity contribution in [1.29, 1.82) is 0 Å². The summed E-state index contributed by atoms with van der Waals surface area (Å²) < 4.78 is 5.16. The molecule has 0 radical (unpaired) electrons. The first kappa shape index (κ1) is 18.4. The van der Waals surface area contributed by atoms with Gasteiger partial charge in [0.2, 0.25) is 5.91 Å². The van der Waals surface area contributed by atoms with Gasteiger partial charge in [-0.25, -0.2) is 0 Å². The molecular weight excluding hydrogens is 342 g/mol. The van der Waals surface area contributed by atoms with Crippen molar-refractivity contribution in [2.75, 3.05) is 12.4 Å². The molecule has 3 rings (SSSR count). The fourth-order valence-corrected chi connectivity index (χ4v) is 2.91. The van der Waals surface area contributed by atoms with Gasteiger partial charge in [0, 0.05) is 18.5 Å². The molecule has 0 saturated heterocycles. The van der Waals surface area contributed by atoms with Gasteiger partial charge in [0.25, 0.3) is 5.91 Å². The van der Waals surface area contributed by atoms with Crippen LogP contribution in [-0.4, -0.2) is 23.9 Å². The molecule has 1 aromatic heterocycles. The minimum Gasteiger partial charge on any atom is -0.497 e. The molecule has 27 heavy (non-hydrogen) atoms. The molecule has 0 aliphatic carbocycles. The van der Waals surface area contributed by atoms with Crippen LogP contribution in [0.15, 0.2) is 54.7 Å². The zero-order valence-corrected chi connectivity index (χ0v) is 15.4. The first-order chi connectivity index (χ1) is 13.0. The van der Waals surface area contributed by atoms with Crippen molar-refractivity contribution in [3.63, 3.8) is 0 Å². The van der Waals surface area contributed by atoms with E-state index in [-0.39, 0.29) is 17.9 Å². The fraction of sp³-hybridized carbons (Fsp3) is 0.190. The van der Waals surface area contributed by atoms with Crippen LogP contribution < -0.4 is 15.4 Å². The van der Waals surface area contributed by atoms with E-state index in [2.05, 4.69) is 15.6 Å². The highest BCUT2D eigenvalue weighted by Gasteiger charge is 2.16. The molecule has 3 aromatic rings. The third-order valence-corrected chi connectivity index (χ3v) is 4.29. The highest BCUT2D eigenvalue weighted by atomic mass is 16.5. The van der Waals surface area contributed by atoms with Gasteiger partial charge >= 0.3 is 0 Å². The van der Waals surface area contributed by atoms with Crippen molar-refractivity contribution in [3.8, 4) is 5.75 Å². The molecule has 1 unspecified atom stereocenters. The Labute approximate surface area is 157 Å². The maximum atomic E-state index is 12.8. The molecule has 1 heterocycles. The van der Waals surface area contributed by atoms with Crippen LogP contribution in [0.25, 0.3) is 10.9 Å². The number of nitrogens with one attached hydrogen (secondary N) is 2. The van der Waals surface area contributed by atoms with Crippen LogP contribution in [0.2, 0.25) is 0 Å². The molecule has 0 fully saturated rings. The monoisotopic (exact) mass is 363 g/mol. The number of hydrogen-bond donors (Lipinski definition) is 2. The molecular formula is C21H21N3O3. The Balaban J connectivity index is 1.87. The Morgan fingerprint density at radius 2 is 1.81 bits per heavy atom. The smallest absolute Gasteiger partial charge is 0.252 e. The molecule has 0 aliphatic rings. The van der Waals surface area contributed by atoms with Gasteiger partial charge in [-0.1, -0.05) is 24.3 Å². The molecule has 2 aromatic carbocycles. The second-order valence-corrected chi connectivity index (χ2v) is 6.21. The minimum absolute atomic E-state index is 0.176. The first-order valence-electron chi connectivity index (χ1n) is 8.59. The Hall–Kier alpha value is -3.41. The topological polar surface area (TPSA) is 80.3 Å². The Morgan fingerprint density at radius 3 is 2.48 bits per heavy atom. The number of methoxy groups -OCH3 is 1. The lowest BCUT2D eigenvalue weighted by Gasteiger charge is -2.16. The normalized spacial score (nSPS) is 11.7. The third-order valence-electron chi connectivity index (χ3n) is 4.29. The van der Waals surface area contributed by atoms with Gasteiger partial charge in [0.15, 0.2) is 0 Å². The second-order valence-electron chi connectivity index (χ2n) is 6.21. The van der Waals surface area contributed by atoms with Crippen LogP contribution in [0.4, 0.5) is 5.69 Å². The lowest BCUT2D eigenvalue weighted by Crippen LogP contribution is -2.26. The summed E-state index contributed by atoms with van der Waals surface area (Å²) in [6.07, 6.45) is 1.57. The van der Waals surface area contributed by atoms with Crippen molar-refractivity contribution in [1.82, 2.24) is 10.3 Å². The highest BCUT2D eigenvalue weighted by Crippen LogP contribution is 2.25. The van der Waals surface area contributed by atoms with Crippen molar-refractivity contribution >= 4 is 28.4 Å². The number of benzene rings is 2. The van der Waals surface area contributed by atoms with E-state index in [9.17, 15) is 9.59 Å². The van der Waals surface area contributed by atoms with E-state index in [0.29, 0.717) is 22.2 Å². The van der Waals surface area contributed by atoms with E-state index in [4.69, 9.17) is 4.74 Å². The summed E-state index contributed by atoms with van der Waals surface area (Å²) in [5.74, 6) is 0.376. The predicted molar refractivity (Wildman–Crippen MR) is 105 cm³/mol. The maximum Gasteiger partial charge on any atom is 0.252 e. The largest absolute Gasteiger partial charge is 0.497 e. The lowest BCUT2D eigenvalue weighted by atomic mass is 10.1. The Morgan fingerprint density at radius 1 is 1.07 bits per heavy atom. The number of amides is 2. The summed E-state index contributed by atoms with van der Waals surface area (Å²) in [6.45, 7) is 3.36. The van der Waals surface area contributed by atoms with Crippen LogP contribution in [0.5, 0.6) is 5.75 Å². The summed E-state index contributed by atoms with van der Waals surface area (Å²) in [4.78, 5) is 28.6. The van der Waals surface area contributed by atoms with Gasteiger partial charge in [-0.05, 0) is 36.8 Å². The number of fused-ring (bicyclic) bond motifs is 1. The predicted octanol–water partition coefficient (Wildman–Crippen LogP) is 3.69. The molecule has 0 aliphatic heterocycles. The van der Waals surface area contributed by atoms with Crippen LogP contribution in [0.3, 0.4) is 0 Å². The Bertz CT molecular complexity index is 984. The van der Waals surface area contributed by atoms with Crippen LogP contribution in [0, 0.1) is 0 Å². The quantitative estimate of drug-likeness (QED) is 0.724. The number of anilines is 1. The molecule has 0 bridgehead atoms. The van der Waals surface area contributed by atoms with Gasteiger partial charge in [0.05, 0.1) is 29.9 Å². The van der Waals surface area contributed by atoms with E-state index in [1.165, 1.54) is 6.92 Å². The SMILES string of the molecule is COc1ccc(C(C)NC(=O)c2ccnc3c(NC(C)=O)cccc23)cc1. The van der Waals surface area contributed by atoms with Gasteiger partial charge < -0.3 is 15.4 Å². The van der Waals surface area contributed by atoms with Crippen LogP contribution in [-0.2, 0) is 4.79 Å². The van der Waals surface area contributed by atoms with Crippen molar-refractivity contribution < 1.29 is 14.3 Å². The number of nitrogens with zero attached hydrogens (tertiary/aromatic N) is 1. The number of carbonyl (C=O) groups is 2. The minimum atomic E-state index is -0.203. The van der Waals surface area contributed by atoms with E-state index in [1.807, 2.05) is 37.3 Å². The number of pyridine rings is 1. The van der Waals surface area contributed by atoms with Crippen LogP contribution in [0.1, 0.15) is 35.8 Å². The summed E-state index contributed by atoms with van der Waals surface area (Å²) >= 11 is 0. The molecule has 6 heteroatoms. The van der Waals surface area contributed by atoms with E-state index in [0.717, 1.165) is 11.3 Å². The maximum absolute atomic E-state index is 12.8. The Kier molecular flexibility index (Phi) is 5.35. The van der Waals surface area contributed by atoms with E-state index < -0.39 is 0 Å². The van der Waals surface area contributed by atoms with Crippen molar-refractivity contribution in [2.24, 2.45) is 0 Å². The number of ether oxygens (including phenoxy) is 1. The molecule has 0 spiro atoms. The lowest BCUT2D eigenvalue weighted by molar-refractivity contribution is -0.114. The van der Waals surface area contributed by atoms with E-state index in [1.54, 1.807) is 31.5 Å². The average molecular weight is 363 g/mol. The molecule has 0 saturated carbocycles. The summed E-state index contributed by atoms with van der Waals surface area (Å²) in [7, 11) is 1.62. The van der Waals surface area contributed by atoms with E-state index >= 15 is 0 Å². The number of para-hydroxylation sites is 1. The van der Waals surface area contributed by atoms with Crippen molar-refractivity contribution in [3.05, 3.63) is 65.9 Å². The second kappa shape index (κ2) is 7.86. The van der Waals surface area contributed by atoms with Crippen LogP contribution >= 0.6 is 0 Å². The standard InChI is InChI=1S/C21H21N3O3/c1-13(15-7-9-16(27-3)10-8-15)23-21(26)18-11-12-22-20-17(18)5-4-6-19(20)24-14(2)25/h4-13H,1-3H3,(H,23,26)(H,24,25). The number of hydrogen-bond acceptors (Lipinski definition) is 4. The number of carbonyl (C=O) groups excluding carboxylic acids is 2. The summed E-state index contributed by atoms with van der Waals surface area (Å²) in [5.41, 5.74) is 2.64. The van der Waals surface area contributed by atoms with Gasteiger partial charge in [0.1, 0.15) is 5.75 Å². The van der Waals surface area contributed by atoms with Gasteiger partial charge in [-0.15, -0.1) is 0 Å². The summed E-state index contributed by atoms with van der Waals surface area (Å²) in [6, 6.07) is 14.4. The zero-order chi connectivity index (χ0) is 19.4. The van der Waals surface area contributed by atoms with Gasteiger partial charge in [-0.2, -0.15) is 0 Å². The molecule has 1 atom stereocenters. The summed E-state index contributed by atoms with van der Waals surface area (Å²) in [5, 5.41) is 6.44. The van der Waals surface area contributed by atoms with Gasteiger partial charge in [-0.3, -0.25) is 14.6 Å². The first-order valence-corrected chi connectivity index (χ1v) is 8.59. The average Bonchev–Trinajstić information content (AvgIpc) is 2.67. The molecule has 2 amide bonds.